The summed E-state index contributed by atoms with van der Waals surface area (Å²) in [5.74, 6) is -0.650. The average molecular weight is 283 g/mol. The van der Waals surface area contributed by atoms with E-state index in [0.29, 0.717) is 5.56 Å². The van der Waals surface area contributed by atoms with Gasteiger partial charge in [0.1, 0.15) is 9.77 Å². The average Bonchev–Trinajstić information content (AvgIpc) is 2.43. The van der Waals surface area contributed by atoms with Gasteiger partial charge in [-0.25, -0.2) is 13.2 Å². The van der Waals surface area contributed by atoms with E-state index in [2.05, 4.69) is 0 Å². The summed E-state index contributed by atoms with van der Waals surface area (Å²) in [6.45, 7) is 5.19. The van der Waals surface area contributed by atoms with Crippen molar-refractivity contribution in [3.63, 3.8) is 0 Å². The van der Waals surface area contributed by atoms with Gasteiger partial charge in [0.15, 0.2) is 0 Å². The van der Waals surface area contributed by atoms with Crippen LogP contribution in [-0.2, 0) is 13.8 Å². The summed E-state index contributed by atoms with van der Waals surface area (Å²) < 4.78 is 27.5. The van der Waals surface area contributed by atoms with Gasteiger partial charge in [-0.2, -0.15) is 0 Å². The van der Waals surface area contributed by atoms with Crippen LogP contribution in [-0.4, -0.2) is 21.0 Å². The minimum atomic E-state index is -3.92. The van der Waals surface area contributed by atoms with Crippen LogP contribution in [0, 0.1) is 13.8 Å². The van der Waals surface area contributed by atoms with Gasteiger partial charge in [-0.1, -0.05) is 0 Å². The smallest absolute Gasteiger partial charge is 0.349 e. The second-order valence-electron chi connectivity index (χ2n) is 3.10. The fraction of sp³-hybridized carbons (Fsp3) is 0.444. The molecule has 1 aromatic rings. The predicted molar refractivity (Wildman–Crippen MR) is 62.8 cm³/mol. The van der Waals surface area contributed by atoms with Crippen LogP contribution in [0.1, 0.15) is 27.0 Å². The molecule has 0 aliphatic rings. The van der Waals surface area contributed by atoms with Gasteiger partial charge in [-0.05, 0) is 26.3 Å². The summed E-state index contributed by atoms with van der Waals surface area (Å²) >= 11 is 1.08. The first-order chi connectivity index (χ1) is 7.29. The van der Waals surface area contributed by atoms with Crippen molar-refractivity contribution in [2.75, 3.05) is 6.61 Å². The van der Waals surface area contributed by atoms with Crippen LogP contribution in [0.25, 0.3) is 0 Å². The van der Waals surface area contributed by atoms with Crippen LogP contribution < -0.4 is 0 Å². The lowest BCUT2D eigenvalue weighted by molar-refractivity contribution is 0.0528. The second-order valence-corrected chi connectivity index (χ2v) is 6.83. The molecule has 1 rings (SSSR count). The molecule has 0 amide bonds. The molecule has 90 valence electrons. The van der Waals surface area contributed by atoms with E-state index in [9.17, 15) is 13.2 Å². The van der Waals surface area contributed by atoms with Crippen molar-refractivity contribution in [3.05, 3.63) is 15.3 Å². The first-order valence-electron chi connectivity index (χ1n) is 4.50. The normalized spacial score (nSPS) is 11.5. The zero-order valence-corrected chi connectivity index (χ0v) is 11.4. The summed E-state index contributed by atoms with van der Waals surface area (Å²) in [7, 11) is 1.37. The van der Waals surface area contributed by atoms with Gasteiger partial charge < -0.3 is 4.74 Å². The highest BCUT2D eigenvalue weighted by Gasteiger charge is 2.27. The van der Waals surface area contributed by atoms with Crippen LogP contribution in [0.15, 0.2) is 4.90 Å². The number of carbonyl (C=O) groups is 1. The van der Waals surface area contributed by atoms with Crippen LogP contribution in [0.2, 0.25) is 0 Å². The van der Waals surface area contributed by atoms with E-state index in [-0.39, 0.29) is 16.4 Å². The van der Waals surface area contributed by atoms with Crippen molar-refractivity contribution in [2.45, 2.75) is 25.7 Å². The molecule has 0 bridgehead atoms. The van der Waals surface area contributed by atoms with Gasteiger partial charge in [0.25, 0.3) is 9.05 Å². The Kier molecular flexibility index (Phi) is 3.98. The molecular formula is C9H11ClO4S2. The van der Waals surface area contributed by atoms with Crippen LogP contribution in [0.4, 0.5) is 0 Å². The first-order valence-corrected chi connectivity index (χ1v) is 7.63. The van der Waals surface area contributed by atoms with E-state index < -0.39 is 15.0 Å². The fourth-order valence-corrected chi connectivity index (χ4v) is 4.24. The third kappa shape index (κ3) is 2.56. The van der Waals surface area contributed by atoms with Crippen molar-refractivity contribution in [3.8, 4) is 0 Å². The lowest BCUT2D eigenvalue weighted by Crippen LogP contribution is -2.07. The summed E-state index contributed by atoms with van der Waals surface area (Å²) in [4.78, 5) is 12.2. The van der Waals surface area contributed by atoms with Crippen molar-refractivity contribution in [1.82, 2.24) is 0 Å². The maximum atomic E-state index is 11.5. The highest BCUT2D eigenvalue weighted by atomic mass is 35.7. The lowest BCUT2D eigenvalue weighted by atomic mass is 10.3. The number of rotatable bonds is 3. The largest absolute Gasteiger partial charge is 0.462 e. The Morgan fingerprint density at radius 2 is 2.00 bits per heavy atom. The highest BCUT2D eigenvalue weighted by Crippen LogP contribution is 2.33. The van der Waals surface area contributed by atoms with Crippen LogP contribution in [0.5, 0.6) is 0 Å². The van der Waals surface area contributed by atoms with E-state index in [4.69, 9.17) is 15.4 Å². The van der Waals surface area contributed by atoms with E-state index >= 15 is 0 Å². The third-order valence-electron chi connectivity index (χ3n) is 2.03. The standard InChI is InChI=1S/C9H11ClO4S2/c1-4-14-9(11)7-8(16(10,12)13)5(2)6(3)15-7/h4H2,1-3H3. The molecule has 0 fully saturated rings. The summed E-state index contributed by atoms with van der Waals surface area (Å²) in [5.41, 5.74) is 0.503. The Labute approximate surface area is 103 Å². The molecule has 16 heavy (non-hydrogen) atoms. The highest BCUT2D eigenvalue weighted by molar-refractivity contribution is 8.14. The Morgan fingerprint density at radius 3 is 2.44 bits per heavy atom. The number of carbonyl (C=O) groups excluding carboxylic acids is 1. The van der Waals surface area contributed by atoms with Crippen LogP contribution in [0.3, 0.4) is 0 Å². The Balaban J connectivity index is 3.41. The molecule has 0 aromatic carbocycles. The number of aryl methyl sites for hydroxylation is 1. The molecule has 1 heterocycles. The molecule has 4 nitrogen and oxygen atoms in total. The number of hydrogen-bond acceptors (Lipinski definition) is 5. The molecule has 1 aromatic heterocycles. The molecule has 0 aliphatic heterocycles. The molecule has 7 heteroatoms. The Morgan fingerprint density at radius 1 is 1.44 bits per heavy atom. The van der Waals surface area contributed by atoms with E-state index in [1.54, 1.807) is 20.8 Å². The molecule has 0 radical (unpaired) electrons. The minimum Gasteiger partial charge on any atom is -0.462 e. The maximum Gasteiger partial charge on any atom is 0.349 e. The molecule has 0 saturated carbocycles. The lowest BCUT2D eigenvalue weighted by Gasteiger charge is -2.01. The summed E-state index contributed by atoms with van der Waals surface area (Å²) in [6, 6.07) is 0. The predicted octanol–water partition coefficient (Wildman–Crippen LogP) is 2.47. The first kappa shape index (κ1) is 13.5. The molecule has 0 saturated heterocycles. The monoisotopic (exact) mass is 282 g/mol. The number of hydrogen-bond donors (Lipinski definition) is 0. The van der Waals surface area contributed by atoms with Crippen molar-refractivity contribution in [1.29, 1.82) is 0 Å². The van der Waals surface area contributed by atoms with E-state index in [1.165, 1.54) is 0 Å². The Bertz CT molecular complexity index is 516. The fourth-order valence-electron chi connectivity index (χ4n) is 1.23. The third-order valence-corrected chi connectivity index (χ3v) is 4.81. The number of esters is 1. The van der Waals surface area contributed by atoms with Crippen LogP contribution >= 0.6 is 22.0 Å². The van der Waals surface area contributed by atoms with Gasteiger partial charge in [-0.3, -0.25) is 0 Å². The summed E-state index contributed by atoms with van der Waals surface area (Å²) in [6.07, 6.45) is 0. The van der Waals surface area contributed by atoms with Crippen molar-refractivity contribution < 1.29 is 17.9 Å². The van der Waals surface area contributed by atoms with E-state index in [0.717, 1.165) is 16.2 Å². The van der Waals surface area contributed by atoms with E-state index in [1.807, 2.05) is 0 Å². The zero-order valence-electron chi connectivity index (χ0n) is 9.03. The molecule has 0 atom stereocenters. The molecular weight excluding hydrogens is 272 g/mol. The minimum absolute atomic E-state index is 0.0480. The topological polar surface area (TPSA) is 60.4 Å². The molecule has 0 aliphatic carbocycles. The van der Waals surface area contributed by atoms with Crippen molar-refractivity contribution in [2.24, 2.45) is 0 Å². The Hall–Kier alpha value is -0.590. The number of ether oxygens (including phenoxy) is 1. The quantitative estimate of drug-likeness (QED) is 0.631. The van der Waals surface area contributed by atoms with Gasteiger partial charge in [0.05, 0.1) is 6.61 Å². The summed E-state index contributed by atoms with van der Waals surface area (Å²) in [5, 5.41) is 0. The SMILES string of the molecule is CCOC(=O)c1sc(C)c(C)c1S(=O)(=O)Cl. The maximum absolute atomic E-state index is 11.5. The molecule has 0 N–H and O–H groups in total. The van der Waals surface area contributed by atoms with Crippen molar-refractivity contribution >= 4 is 37.0 Å². The van der Waals surface area contributed by atoms with Gasteiger partial charge in [-0.15, -0.1) is 11.3 Å². The number of thiophene rings is 1. The van der Waals surface area contributed by atoms with Gasteiger partial charge in [0, 0.05) is 15.6 Å². The second kappa shape index (κ2) is 4.73. The van der Waals surface area contributed by atoms with Gasteiger partial charge in [0.2, 0.25) is 0 Å². The molecule has 0 unspecified atom stereocenters. The number of halogens is 1. The zero-order chi connectivity index (χ0) is 12.5. The molecule has 0 spiro atoms. The van der Waals surface area contributed by atoms with Gasteiger partial charge >= 0.3 is 5.97 Å².